The molecule has 6 heteroatoms. The topological polar surface area (TPSA) is 41.1 Å². The van der Waals surface area contributed by atoms with Crippen molar-refractivity contribution < 1.29 is 13.6 Å². The Balaban J connectivity index is 2.15. The maximum atomic E-state index is 13.6. The summed E-state index contributed by atoms with van der Waals surface area (Å²) >= 11 is 5.92. The van der Waals surface area contributed by atoms with Gasteiger partial charge in [-0.05, 0) is 30.3 Å². The summed E-state index contributed by atoms with van der Waals surface area (Å²) in [5.41, 5.74) is 0.927. The van der Waals surface area contributed by atoms with Gasteiger partial charge in [0.05, 0.1) is 5.69 Å². The summed E-state index contributed by atoms with van der Waals surface area (Å²) in [6.45, 7) is 1.44. The summed E-state index contributed by atoms with van der Waals surface area (Å²) in [5, 5.41) is 5.63. The molecule has 2 N–H and O–H groups in total. The molecule has 1 amide bonds. The quantitative estimate of drug-likeness (QED) is 0.889. The maximum absolute atomic E-state index is 13.6. The van der Waals surface area contributed by atoms with Crippen LogP contribution in [0.3, 0.4) is 0 Å². The zero-order valence-electron chi connectivity index (χ0n) is 11.2. The molecule has 0 fully saturated rings. The Labute approximate surface area is 125 Å². The lowest BCUT2D eigenvalue weighted by Crippen LogP contribution is -2.08. The van der Waals surface area contributed by atoms with E-state index in [9.17, 15) is 13.6 Å². The predicted octanol–water partition coefficient (Wildman–Crippen LogP) is 4.19. The van der Waals surface area contributed by atoms with Crippen LogP contribution in [0.2, 0.25) is 5.02 Å². The summed E-state index contributed by atoms with van der Waals surface area (Å²) < 4.78 is 27.1. The standard InChI is InChI=1S/C15H13ClF2N2O/c1-9(21)20-15-7-10(5-6-14(15)18)19-8-11-12(16)3-2-4-13(11)17/h2-7,19H,8H2,1H3,(H,20,21). The molecule has 0 saturated carbocycles. The van der Waals surface area contributed by atoms with E-state index in [4.69, 9.17) is 11.6 Å². The van der Waals surface area contributed by atoms with Gasteiger partial charge in [-0.25, -0.2) is 8.78 Å². The molecule has 0 unspecified atom stereocenters. The molecule has 0 saturated heterocycles. The fourth-order valence-corrected chi connectivity index (χ4v) is 2.04. The van der Waals surface area contributed by atoms with Gasteiger partial charge in [-0.3, -0.25) is 4.79 Å². The Bertz CT molecular complexity index is 656. The van der Waals surface area contributed by atoms with Crippen molar-refractivity contribution in [3.63, 3.8) is 0 Å². The molecule has 0 radical (unpaired) electrons. The third-order valence-corrected chi connectivity index (χ3v) is 3.16. The molecule has 2 rings (SSSR count). The first kappa shape index (κ1) is 15.3. The number of carbonyl (C=O) groups is 1. The van der Waals surface area contributed by atoms with E-state index in [1.165, 1.54) is 37.3 Å². The first-order chi connectivity index (χ1) is 9.97. The van der Waals surface area contributed by atoms with Gasteiger partial charge in [0.15, 0.2) is 0 Å². The largest absolute Gasteiger partial charge is 0.381 e. The van der Waals surface area contributed by atoms with Crippen molar-refractivity contribution in [3.8, 4) is 0 Å². The second kappa shape index (κ2) is 6.54. The van der Waals surface area contributed by atoms with Gasteiger partial charge < -0.3 is 10.6 Å². The summed E-state index contributed by atoms with van der Waals surface area (Å²) in [7, 11) is 0. The van der Waals surface area contributed by atoms with Crippen LogP contribution in [-0.4, -0.2) is 5.91 Å². The molecule has 0 spiro atoms. The third-order valence-electron chi connectivity index (χ3n) is 2.81. The van der Waals surface area contributed by atoms with Gasteiger partial charge in [0.2, 0.25) is 5.91 Å². The fourth-order valence-electron chi connectivity index (χ4n) is 1.81. The average molecular weight is 311 g/mol. The molecule has 0 aliphatic heterocycles. The molecule has 0 atom stereocenters. The Morgan fingerprint density at radius 1 is 1.19 bits per heavy atom. The van der Waals surface area contributed by atoms with Crippen LogP contribution in [0.15, 0.2) is 36.4 Å². The molecule has 0 heterocycles. The van der Waals surface area contributed by atoms with Crippen LogP contribution in [0, 0.1) is 11.6 Å². The van der Waals surface area contributed by atoms with E-state index in [1.807, 2.05) is 0 Å². The number of rotatable bonds is 4. The van der Waals surface area contributed by atoms with Crippen molar-refractivity contribution in [1.29, 1.82) is 0 Å². The van der Waals surface area contributed by atoms with Gasteiger partial charge in [0, 0.05) is 29.7 Å². The summed E-state index contributed by atoms with van der Waals surface area (Å²) in [5.74, 6) is -1.33. The summed E-state index contributed by atoms with van der Waals surface area (Å²) in [4.78, 5) is 11.0. The highest BCUT2D eigenvalue weighted by Crippen LogP contribution is 2.23. The Kier molecular flexibility index (Phi) is 4.75. The van der Waals surface area contributed by atoms with Crippen LogP contribution in [0.5, 0.6) is 0 Å². The van der Waals surface area contributed by atoms with Crippen molar-refractivity contribution >= 4 is 28.9 Å². The van der Waals surface area contributed by atoms with Crippen molar-refractivity contribution in [2.24, 2.45) is 0 Å². The molecule has 3 nitrogen and oxygen atoms in total. The molecule has 21 heavy (non-hydrogen) atoms. The molecule has 2 aromatic carbocycles. The van der Waals surface area contributed by atoms with Crippen molar-refractivity contribution in [2.75, 3.05) is 10.6 Å². The van der Waals surface area contributed by atoms with E-state index in [2.05, 4.69) is 10.6 Å². The average Bonchev–Trinajstić information content (AvgIpc) is 2.41. The maximum Gasteiger partial charge on any atom is 0.221 e. The molecule has 2 aromatic rings. The minimum Gasteiger partial charge on any atom is -0.381 e. The van der Waals surface area contributed by atoms with Crippen molar-refractivity contribution in [2.45, 2.75) is 13.5 Å². The molecule has 110 valence electrons. The lowest BCUT2D eigenvalue weighted by Gasteiger charge is -2.11. The van der Waals surface area contributed by atoms with Crippen LogP contribution in [-0.2, 0) is 11.3 Å². The minimum absolute atomic E-state index is 0.0622. The molecule has 0 aliphatic rings. The van der Waals surface area contributed by atoms with E-state index in [0.29, 0.717) is 16.3 Å². The molecular formula is C15H13ClF2N2O. The van der Waals surface area contributed by atoms with Gasteiger partial charge in [-0.15, -0.1) is 0 Å². The molecule has 0 bridgehead atoms. The van der Waals surface area contributed by atoms with Crippen LogP contribution in [0.4, 0.5) is 20.2 Å². The van der Waals surface area contributed by atoms with Crippen molar-refractivity contribution in [3.05, 3.63) is 58.6 Å². The first-order valence-corrected chi connectivity index (χ1v) is 6.59. The number of amides is 1. The monoisotopic (exact) mass is 310 g/mol. The number of hydrogen-bond donors (Lipinski definition) is 2. The van der Waals surface area contributed by atoms with E-state index >= 15 is 0 Å². The van der Waals surface area contributed by atoms with Gasteiger partial charge in [-0.2, -0.15) is 0 Å². The Morgan fingerprint density at radius 2 is 1.95 bits per heavy atom. The highest BCUT2D eigenvalue weighted by Gasteiger charge is 2.08. The van der Waals surface area contributed by atoms with Crippen LogP contribution < -0.4 is 10.6 Å². The number of benzene rings is 2. The zero-order chi connectivity index (χ0) is 15.4. The SMILES string of the molecule is CC(=O)Nc1cc(NCc2c(F)cccc2Cl)ccc1F. The van der Waals surface area contributed by atoms with E-state index in [0.717, 1.165) is 0 Å². The van der Waals surface area contributed by atoms with Gasteiger partial charge in [0.1, 0.15) is 11.6 Å². The van der Waals surface area contributed by atoms with Crippen LogP contribution in [0.1, 0.15) is 12.5 Å². The summed E-state index contributed by atoms with van der Waals surface area (Å²) in [6, 6.07) is 8.58. The van der Waals surface area contributed by atoms with Gasteiger partial charge in [0.25, 0.3) is 0 Å². The van der Waals surface area contributed by atoms with Gasteiger partial charge in [-0.1, -0.05) is 17.7 Å². The number of carbonyl (C=O) groups excluding carboxylic acids is 1. The highest BCUT2D eigenvalue weighted by atomic mass is 35.5. The lowest BCUT2D eigenvalue weighted by atomic mass is 10.2. The molecule has 0 aromatic heterocycles. The van der Waals surface area contributed by atoms with Crippen LogP contribution in [0.25, 0.3) is 0 Å². The van der Waals surface area contributed by atoms with E-state index in [-0.39, 0.29) is 18.1 Å². The predicted molar refractivity (Wildman–Crippen MR) is 79.4 cm³/mol. The molecule has 0 aliphatic carbocycles. The zero-order valence-corrected chi connectivity index (χ0v) is 12.0. The van der Waals surface area contributed by atoms with Gasteiger partial charge >= 0.3 is 0 Å². The second-order valence-corrected chi connectivity index (χ2v) is 4.84. The van der Waals surface area contributed by atoms with E-state index in [1.54, 1.807) is 6.07 Å². The second-order valence-electron chi connectivity index (χ2n) is 4.43. The minimum atomic E-state index is -0.542. The number of anilines is 2. The van der Waals surface area contributed by atoms with Crippen LogP contribution >= 0.6 is 11.6 Å². The third kappa shape index (κ3) is 3.92. The lowest BCUT2D eigenvalue weighted by molar-refractivity contribution is -0.114. The fraction of sp³-hybridized carbons (Fsp3) is 0.133. The smallest absolute Gasteiger partial charge is 0.221 e. The number of nitrogens with one attached hydrogen (secondary N) is 2. The molecular weight excluding hydrogens is 298 g/mol. The normalized spacial score (nSPS) is 10.3. The number of hydrogen-bond acceptors (Lipinski definition) is 2. The summed E-state index contributed by atoms with van der Waals surface area (Å²) in [6.07, 6.45) is 0. The Hall–Kier alpha value is -2.14. The highest BCUT2D eigenvalue weighted by molar-refractivity contribution is 6.31. The first-order valence-electron chi connectivity index (χ1n) is 6.21. The number of halogens is 3. The van der Waals surface area contributed by atoms with E-state index < -0.39 is 11.6 Å². The Morgan fingerprint density at radius 3 is 2.62 bits per heavy atom. The van der Waals surface area contributed by atoms with Crippen molar-refractivity contribution in [1.82, 2.24) is 0 Å².